The predicted molar refractivity (Wildman–Crippen MR) is 89.3 cm³/mol. The Bertz CT molecular complexity index is 954. The Labute approximate surface area is 148 Å². The lowest BCUT2D eigenvalue weighted by atomic mass is 9.75. The van der Waals surface area contributed by atoms with Gasteiger partial charge in [0.2, 0.25) is 6.79 Å². The van der Waals surface area contributed by atoms with Crippen molar-refractivity contribution >= 4 is 11.5 Å². The smallest absolute Gasteiger partial charge is 0.277 e. The van der Waals surface area contributed by atoms with Crippen molar-refractivity contribution < 1.29 is 19.2 Å². The number of ketones is 1. The first-order valence-electron chi connectivity index (χ1n) is 8.23. The van der Waals surface area contributed by atoms with Gasteiger partial charge in [-0.3, -0.25) is 14.9 Å². The molecule has 2 heterocycles. The molecule has 8 heteroatoms. The lowest BCUT2D eigenvalue weighted by Crippen LogP contribution is -2.31. The third-order valence-electron chi connectivity index (χ3n) is 4.93. The minimum absolute atomic E-state index is 0.0188. The Kier molecular flexibility index (Phi) is 3.65. The Morgan fingerprint density at radius 2 is 2.04 bits per heavy atom. The number of nitriles is 1. The van der Waals surface area contributed by atoms with Gasteiger partial charge in [-0.25, -0.2) is 0 Å². The van der Waals surface area contributed by atoms with Crippen molar-refractivity contribution in [1.29, 1.82) is 5.26 Å². The third-order valence-corrected chi connectivity index (χ3v) is 4.93. The maximum atomic E-state index is 12.6. The van der Waals surface area contributed by atoms with Crippen molar-refractivity contribution in [2.24, 2.45) is 0 Å². The van der Waals surface area contributed by atoms with Crippen LogP contribution in [0.2, 0.25) is 0 Å². The van der Waals surface area contributed by atoms with E-state index in [4.69, 9.17) is 9.47 Å². The average molecular weight is 353 g/mol. The van der Waals surface area contributed by atoms with E-state index in [1.807, 2.05) is 0 Å². The molecular formula is C18H15N3O5. The molecule has 26 heavy (non-hydrogen) atoms. The fourth-order valence-electron chi connectivity index (χ4n) is 3.78. The molecule has 3 aliphatic rings. The first-order chi connectivity index (χ1) is 12.5. The molecule has 1 aliphatic carbocycles. The van der Waals surface area contributed by atoms with Gasteiger partial charge in [0.1, 0.15) is 0 Å². The minimum atomic E-state index is -0.779. The van der Waals surface area contributed by atoms with E-state index in [1.54, 1.807) is 6.92 Å². The van der Waals surface area contributed by atoms with Gasteiger partial charge >= 0.3 is 0 Å². The zero-order valence-electron chi connectivity index (χ0n) is 14.0. The molecule has 0 aromatic heterocycles. The summed E-state index contributed by atoms with van der Waals surface area (Å²) in [6.45, 7) is 1.72. The van der Waals surface area contributed by atoms with E-state index < -0.39 is 10.8 Å². The number of ether oxygens (including phenoxy) is 2. The van der Waals surface area contributed by atoms with Gasteiger partial charge in [-0.15, -0.1) is 0 Å². The SMILES string of the molecule is CC1=C(C#N)[C@@H](c2cc3c(cc2[N+](=O)[O-])OCO3)C2=C(CCCC2=O)N1. The van der Waals surface area contributed by atoms with Crippen molar-refractivity contribution in [3.63, 3.8) is 0 Å². The van der Waals surface area contributed by atoms with E-state index in [9.17, 15) is 20.2 Å². The maximum absolute atomic E-state index is 12.6. The average Bonchev–Trinajstić information content (AvgIpc) is 3.07. The molecule has 2 aliphatic heterocycles. The first-order valence-corrected chi connectivity index (χ1v) is 8.23. The Morgan fingerprint density at radius 1 is 1.31 bits per heavy atom. The monoisotopic (exact) mass is 353 g/mol. The third kappa shape index (κ3) is 2.32. The number of Topliss-reactive ketones (excluding diaryl/α,β-unsaturated/α-hetero) is 1. The number of benzene rings is 1. The Morgan fingerprint density at radius 3 is 2.73 bits per heavy atom. The van der Waals surface area contributed by atoms with Gasteiger partial charge in [0.15, 0.2) is 17.3 Å². The number of nitrogens with zero attached hydrogens (tertiary/aromatic N) is 2. The molecular weight excluding hydrogens is 338 g/mol. The Balaban J connectivity index is 1.98. The number of carbonyl (C=O) groups is 1. The Hall–Kier alpha value is -3.34. The summed E-state index contributed by atoms with van der Waals surface area (Å²) >= 11 is 0. The second kappa shape index (κ2) is 5.88. The van der Waals surface area contributed by atoms with Crippen molar-refractivity contribution in [3.05, 3.63) is 50.4 Å². The quantitative estimate of drug-likeness (QED) is 0.642. The van der Waals surface area contributed by atoms with Crippen molar-refractivity contribution in [3.8, 4) is 17.6 Å². The van der Waals surface area contributed by atoms with Crippen LogP contribution in [-0.2, 0) is 4.79 Å². The number of hydrogen-bond acceptors (Lipinski definition) is 7. The number of fused-ring (bicyclic) bond motifs is 1. The van der Waals surface area contributed by atoms with E-state index in [0.29, 0.717) is 35.4 Å². The number of nitro benzene ring substituents is 1. The van der Waals surface area contributed by atoms with Crippen molar-refractivity contribution in [1.82, 2.24) is 5.32 Å². The van der Waals surface area contributed by atoms with Gasteiger partial charge < -0.3 is 14.8 Å². The van der Waals surface area contributed by atoms with Crippen LogP contribution in [0.5, 0.6) is 11.5 Å². The van der Waals surface area contributed by atoms with E-state index >= 15 is 0 Å². The van der Waals surface area contributed by atoms with Gasteiger partial charge in [-0.1, -0.05) is 0 Å². The van der Waals surface area contributed by atoms with Crippen LogP contribution >= 0.6 is 0 Å². The largest absolute Gasteiger partial charge is 0.454 e. The van der Waals surface area contributed by atoms with Crippen LogP contribution in [0.1, 0.15) is 37.7 Å². The number of nitro groups is 1. The summed E-state index contributed by atoms with van der Waals surface area (Å²) in [6.07, 6.45) is 1.76. The summed E-state index contributed by atoms with van der Waals surface area (Å²) in [5.41, 5.74) is 2.19. The summed E-state index contributed by atoms with van der Waals surface area (Å²) in [7, 11) is 0. The zero-order chi connectivity index (χ0) is 18.4. The number of allylic oxidation sites excluding steroid dienone is 4. The summed E-state index contributed by atoms with van der Waals surface area (Å²) in [4.78, 5) is 23.8. The van der Waals surface area contributed by atoms with Crippen LogP contribution in [0, 0.1) is 21.4 Å². The fraction of sp³-hybridized carbons (Fsp3) is 0.333. The van der Waals surface area contributed by atoms with Crippen molar-refractivity contribution in [2.45, 2.75) is 32.1 Å². The van der Waals surface area contributed by atoms with Crippen LogP contribution in [0.4, 0.5) is 5.69 Å². The number of dihydropyridines is 1. The molecule has 0 spiro atoms. The second-order valence-electron chi connectivity index (χ2n) is 6.40. The van der Waals surface area contributed by atoms with E-state index in [1.165, 1.54) is 12.1 Å². The van der Waals surface area contributed by atoms with Crippen LogP contribution in [0.25, 0.3) is 0 Å². The van der Waals surface area contributed by atoms with E-state index in [-0.39, 0.29) is 29.6 Å². The molecule has 1 N–H and O–H groups in total. The maximum Gasteiger partial charge on any atom is 0.277 e. The molecule has 0 saturated heterocycles. The molecule has 0 amide bonds. The minimum Gasteiger partial charge on any atom is -0.454 e. The van der Waals surface area contributed by atoms with Gasteiger partial charge in [-0.05, 0) is 25.8 Å². The molecule has 0 fully saturated rings. The number of rotatable bonds is 2. The van der Waals surface area contributed by atoms with Crippen LogP contribution in [-0.4, -0.2) is 17.5 Å². The van der Waals surface area contributed by atoms with E-state index in [0.717, 1.165) is 12.1 Å². The standard InChI is InChI=1S/C18H15N3O5/c1-9-11(7-19)17(18-12(20-9)3-2-4-14(18)22)10-5-15-16(26-8-25-15)6-13(10)21(23)24/h5-6,17,20H,2-4,8H2,1H3/t17-/m1/s1. The number of carbonyl (C=O) groups excluding carboxylic acids is 1. The summed E-state index contributed by atoms with van der Waals surface area (Å²) < 4.78 is 10.6. The van der Waals surface area contributed by atoms with Gasteiger partial charge in [-0.2, -0.15) is 5.26 Å². The molecule has 132 valence electrons. The van der Waals surface area contributed by atoms with Crippen molar-refractivity contribution in [2.75, 3.05) is 6.79 Å². The first kappa shape index (κ1) is 16.1. The highest BCUT2D eigenvalue weighted by molar-refractivity contribution is 6.00. The van der Waals surface area contributed by atoms with Crippen LogP contribution in [0.3, 0.4) is 0 Å². The zero-order valence-corrected chi connectivity index (χ0v) is 14.0. The molecule has 1 atom stereocenters. The molecule has 0 radical (unpaired) electrons. The molecule has 0 unspecified atom stereocenters. The molecule has 0 bridgehead atoms. The molecule has 1 aromatic rings. The molecule has 8 nitrogen and oxygen atoms in total. The molecule has 1 aromatic carbocycles. The molecule has 0 saturated carbocycles. The van der Waals surface area contributed by atoms with Crippen LogP contribution < -0.4 is 14.8 Å². The number of hydrogen-bond donors (Lipinski definition) is 1. The highest BCUT2D eigenvalue weighted by atomic mass is 16.7. The summed E-state index contributed by atoms with van der Waals surface area (Å²) in [5.74, 6) is -0.197. The van der Waals surface area contributed by atoms with Crippen LogP contribution in [0.15, 0.2) is 34.7 Å². The lowest BCUT2D eigenvalue weighted by Gasteiger charge is -2.32. The van der Waals surface area contributed by atoms with Gasteiger partial charge in [0, 0.05) is 29.0 Å². The highest BCUT2D eigenvalue weighted by Gasteiger charge is 2.40. The summed E-state index contributed by atoms with van der Waals surface area (Å²) in [5, 5.41) is 24.5. The van der Waals surface area contributed by atoms with E-state index in [2.05, 4.69) is 11.4 Å². The normalized spacial score (nSPS) is 21.2. The topological polar surface area (TPSA) is 114 Å². The van der Waals surface area contributed by atoms with Gasteiger partial charge in [0.05, 0.1) is 28.5 Å². The second-order valence-corrected chi connectivity index (χ2v) is 6.40. The number of nitrogens with one attached hydrogen (secondary N) is 1. The fourth-order valence-corrected chi connectivity index (χ4v) is 3.78. The predicted octanol–water partition coefficient (Wildman–Crippen LogP) is 2.81. The highest BCUT2D eigenvalue weighted by Crippen LogP contribution is 2.48. The molecule has 4 rings (SSSR count). The lowest BCUT2D eigenvalue weighted by molar-refractivity contribution is -0.385. The summed E-state index contributed by atoms with van der Waals surface area (Å²) in [6, 6.07) is 4.95. The van der Waals surface area contributed by atoms with Gasteiger partial charge in [0.25, 0.3) is 5.69 Å².